The van der Waals surface area contributed by atoms with Crippen LogP contribution in [0.2, 0.25) is 0 Å². The number of carbonyl (C=O) groups excluding carboxylic acids is 1. The number of benzene rings is 3. The largest absolute Gasteiger partial charge is 0.289 e. The van der Waals surface area contributed by atoms with Crippen molar-refractivity contribution < 1.29 is 4.79 Å². The normalized spacial score (nSPS) is 10.3. The number of rotatable bonds is 3. The van der Waals surface area contributed by atoms with E-state index in [9.17, 15) is 4.79 Å². The monoisotopic (exact) mass is 336 g/mol. The minimum atomic E-state index is 0.0362. The highest BCUT2D eigenvalue weighted by atomic mass is 79.9. The first-order chi connectivity index (χ1) is 10.2. The lowest BCUT2D eigenvalue weighted by Crippen LogP contribution is -2.01. The predicted octanol–water partition coefficient (Wildman–Crippen LogP) is 5.35. The van der Waals surface area contributed by atoms with Crippen molar-refractivity contribution in [1.29, 1.82) is 0 Å². The molecular formula is C19H13BrO. The average molecular weight is 337 g/mol. The maximum Gasteiger partial charge on any atom is 0.193 e. The first-order valence-electron chi connectivity index (χ1n) is 6.70. The first-order valence-corrected chi connectivity index (χ1v) is 7.49. The molecule has 0 aliphatic carbocycles. The highest BCUT2D eigenvalue weighted by molar-refractivity contribution is 9.10. The molecule has 3 rings (SSSR count). The number of carbonyl (C=O) groups is 1. The summed E-state index contributed by atoms with van der Waals surface area (Å²) in [5.41, 5.74) is 3.52. The molecule has 3 aromatic rings. The third kappa shape index (κ3) is 3.11. The molecule has 0 N–H and O–H groups in total. The Morgan fingerprint density at radius 2 is 1.29 bits per heavy atom. The summed E-state index contributed by atoms with van der Waals surface area (Å²) in [6.45, 7) is 0. The average Bonchev–Trinajstić information content (AvgIpc) is 2.55. The molecule has 102 valence electrons. The van der Waals surface area contributed by atoms with Gasteiger partial charge in [-0.05, 0) is 29.3 Å². The number of hydrogen-bond acceptors (Lipinski definition) is 1. The van der Waals surface area contributed by atoms with Gasteiger partial charge in [-0.15, -0.1) is 0 Å². The molecule has 21 heavy (non-hydrogen) atoms. The van der Waals surface area contributed by atoms with Crippen LogP contribution in [-0.2, 0) is 0 Å². The van der Waals surface area contributed by atoms with Crippen LogP contribution in [-0.4, -0.2) is 5.78 Å². The van der Waals surface area contributed by atoms with E-state index in [1.54, 1.807) is 0 Å². The zero-order chi connectivity index (χ0) is 14.7. The third-order valence-electron chi connectivity index (χ3n) is 3.30. The smallest absolute Gasteiger partial charge is 0.193 e. The van der Waals surface area contributed by atoms with Crippen molar-refractivity contribution in [3.8, 4) is 11.1 Å². The van der Waals surface area contributed by atoms with Gasteiger partial charge in [0.05, 0.1) is 0 Å². The third-order valence-corrected chi connectivity index (χ3v) is 3.76. The maximum absolute atomic E-state index is 12.6. The maximum atomic E-state index is 12.6. The molecule has 0 saturated carbocycles. The molecule has 0 heterocycles. The zero-order valence-electron chi connectivity index (χ0n) is 11.3. The summed E-state index contributed by atoms with van der Waals surface area (Å²) in [5, 5.41) is 0. The van der Waals surface area contributed by atoms with Crippen molar-refractivity contribution in [3.63, 3.8) is 0 Å². The van der Waals surface area contributed by atoms with Gasteiger partial charge in [0, 0.05) is 15.6 Å². The molecule has 0 spiro atoms. The molecule has 3 aromatic carbocycles. The van der Waals surface area contributed by atoms with Gasteiger partial charge in [-0.25, -0.2) is 0 Å². The molecule has 0 unspecified atom stereocenters. The fourth-order valence-electron chi connectivity index (χ4n) is 2.27. The lowest BCUT2D eigenvalue weighted by molar-refractivity contribution is 0.103. The molecule has 0 saturated heterocycles. The topological polar surface area (TPSA) is 17.1 Å². The van der Waals surface area contributed by atoms with E-state index in [1.165, 1.54) is 0 Å². The molecule has 0 fully saturated rings. The van der Waals surface area contributed by atoms with Gasteiger partial charge in [0.25, 0.3) is 0 Å². The van der Waals surface area contributed by atoms with Crippen LogP contribution in [0.4, 0.5) is 0 Å². The molecule has 2 heteroatoms. The second-order valence-electron chi connectivity index (χ2n) is 4.79. The Bertz CT molecular complexity index is 764. The zero-order valence-corrected chi connectivity index (χ0v) is 12.9. The number of hydrogen-bond donors (Lipinski definition) is 0. The Kier molecular flexibility index (Phi) is 3.98. The van der Waals surface area contributed by atoms with Gasteiger partial charge in [0.2, 0.25) is 0 Å². The molecule has 0 radical (unpaired) electrons. The predicted molar refractivity (Wildman–Crippen MR) is 89.5 cm³/mol. The van der Waals surface area contributed by atoms with Crippen LogP contribution in [0.3, 0.4) is 0 Å². The highest BCUT2D eigenvalue weighted by Crippen LogP contribution is 2.26. The van der Waals surface area contributed by atoms with Gasteiger partial charge in [-0.1, -0.05) is 76.6 Å². The van der Waals surface area contributed by atoms with E-state index in [2.05, 4.69) is 15.9 Å². The number of halogens is 1. The lowest BCUT2D eigenvalue weighted by atomic mass is 9.98. The van der Waals surface area contributed by atoms with Crippen LogP contribution in [0.15, 0.2) is 83.3 Å². The lowest BCUT2D eigenvalue weighted by Gasteiger charge is -2.07. The van der Waals surface area contributed by atoms with Gasteiger partial charge < -0.3 is 0 Å². The van der Waals surface area contributed by atoms with Crippen molar-refractivity contribution >= 4 is 21.7 Å². The molecule has 0 aliphatic heterocycles. The van der Waals surface area contributed by atoms with Crippen LogP contribution in [0.5, 0.6) is 0 Å². The van der Waals surface area contributed by atoms with E-state index < -0.39 is 0 Å². The molecular weight excluding hydrogens is 324 g/mol. The Morgan fingerprint density at radius 1 is 0.667 bits per heavy atom. The van der Waals surface area contributed by atoms with Crippen LogP contribution in [0, 0.1) is 0 Å². The van der Waals surface area contributed by atoms with Gasteiger partial charge in [0.1, 0.15) is 0 Å². The molecule has 0 bridgehead atoms. The van der Waals surface area contributed by atoms with Crippen LogP contribution < -0.4 is 0 Å². The summed E-state index contributed by atoms with van der Waals surface area (Å²) in [7, 11) is 0. The summed E-state index contributed by atoms with van der Waals surface area (Å²) < 4.78 is 0.906. The fraction of sp³-hybridized carbons (Fsp3) is 0. The van der Waals surface area contributed by atoms with Gasteiger partial charge in [0.15, 0.2) is 5.78 Å². The first kappa shape index (κ1) is 13.8. The van der Waals surface area contributed by atoms with E-state index in [4.69, 9.17) is 0 Å². The van der Waals surface area contributed by atoms with Gasteiger partial charge in [-0.3, -0.25) is 4.79 Å². The second kappa shape index (κ2) is 6.06. The Morgan fingerprint density at radius 3 is 1.95 bits per heavy atom. The summed E-state index contributed by atoms with van der Waals surface area (Å²) in [6, 6.07) is 25.2. The summed E-state index contributed by atoms with van der Waals surface area (Å²) in [5.74, 6) is 0.0362. The second-order valence-corrected chi connectivity index (χ2v) is 5.71. The fourth-order valence-corrected chi connectivity index (χ4v) is 2.77. The molecule has 0 aromatic heterocycles. The van der Waals surface area contributed by atoms with Gasteiger partial charge in [-0.2, -0.15) is 0 Å². The quantitative estimate of drug-likeness (QED) is 0.589. The van der Waals surface area contributed by atoms with Gasteiger partial charge >= 0.3 is 0 Å². The minimum Gasteiger partial charge on any atom is -0.289 e. The molecule has 0 atom stereocenters. The van der Waals surface area contributed by atoms with Crippen molar-refractivity contribution in [2.45, 2.75) is 0 Å². The standard InChI is InChI=1S/C19H13BrO/c20-18-12-16(14-7-3-1-4-8-14)11-17(13-18)19(21)15-9-5-2-6-10-15/h1-13H. The van der Waals surface area contributed by atoms with Crippen LogP contribution in [0.25, 0.3) is 11.1 Å². The minimum absolute atomic E-state index is 0.0362. The highest BCUT2D eigenvalue weighted by Gasteiger charge is 2.11. The van der Waals surface area contributed by atoms with Crippen LogP contribution in [0.1, 0.15) is 15.9 Å². The SMILES string of the molecule is O=C(c1ccccc1)c1cc(Br)cc(-c2ccccc2)c1. The molecule has 0 aliphatic rings. The summed E-state index contributed by atoms with van der Waals surface area (Å²) in [4.78, 5) is 12.6. The van der Waals surface area contributed by atoms with E-state index in [0.717, 1.165) is 15.6 Å². The number of ketones is 1. The van der Waals surface area contributed by atoms with Crippen LogP contribution >= 0.6 is 15.9 Å². The molecule has 1 nitrogen and oxygen atoms in total. The Labute approximate surface area is 132 Å². The van der Waals surface area contributed by atoms with E-state index in [0.29, 0.717) is 11.1 Å². The Balaban J connectivity index is 2.05. The molecule has 0 amide bonds. The van der Waals surface area contributed by atoms with E-state index in [1.807, 2.05) is 78.9 Å². The van der Waals surface area contributed by atoms with Crippen molar-refractivity contribution in [1.82, 2.24) is 0 Å². The summed E-state index contributed by atoms with van der Waals surface area (Å²) in [6.07, 6.45) is 0. The van der Waals surface area contributed by atoms with Crippen molar-refractivity contribution in [2.24, 2.45) is 0 Å². The summed E-state index contributed by atoms with van der Waals surface area (Å²) >= 11 is 3.50. The van der Waals surface area contributed by atoms with Crippen molar-refractivity contribution in [2.75, 3.05) is 0 Å². The van der Waals surface area contributed by atoms with Crippen molar-refractivity contribution in [3.05, 3.63) is 94.5 Å². The van der Waals surface area contributed by atoms with E-state index in [-0.39, 0.29) is 5.78 Å². The Hall–Kier alpha value is -2.19. The van der Waals surface area contributed by atoms with E-state index >= 15 is 0 Å².